The normalized spacial score (nSPS) is 13.7. The molecule has 0 aromatic heterocycles. The molecule has 74 valence electrons. The molecule has 0 bridgehead atoms. The Morgan fingerprint density at radius 1 is 1.36 bits per heavy atom. The zero-order chi connectivity index (χ0) is 10.6. The SMILES string of the molecule is CC(=Cc1ccccc1)C(C)C(=O)O. The molecule has 2 nitrogen and oxygen atoms in total. The fraction of sp³-hybridized carbons (Fsp3) is 0.250. The minimum Gasteiger partial charge on any atom is -0.481 e. The highest BCUT2D eigenvalue weighted by molar-refractivity contribution is 5.75. The summed E-state index contributed by atoms with van der Waals surface area (Å²) in [6.07, 6.45) is 1.90. The van der Waals surface area contributed by atoms with E-state index in [1.165, 1.54) is 0 Å². The average Bonchev–Trinajstić information content (AvgIpc) is 2.18. The minimum absolute atomic E-state index is 0.421. The summed E-state index contributed by atoms with van der Waals surface area (Å²) in [5.41, 5.74) is 1.90. The van der Waals surface area contributed by atoms with Crippen LogP contribution in [-0.4, -0.2) is 11.1 Å². The summed E-state index contributed by atoms with van der Waals surface area (Å²) in [6, 6.07) is 9.72. The summed E-state index contributed by atoms with van der Waals surface area (Å²) < 4.78 is 0. The predicted octanol–water partition coefficient (Wildman–Crippen LogP) is 2.81. The summed E-state index contributed by atoms with van der Waals surface area (Å²) in [5, 5.41) is 8.79. The van der Waals surface area contributed by atoms with Crippen LogP contribution in [0.1, 0.15) is 19.4 Å². The highest BCUT2D eigenvalue weighted by Crippen LogP contribution is 2.14. The van der Waals surface area contributed by atoms with E-state index in [1.54, 1.807) is 6.92 Å². The molecule has 0 fully saturated rings. The highest BCUT2D eigenvalue weighted by Gasteiger charge is 2.11. The molecule has 0 heterocycles. The fourth-order valence-corrected chi connectivity index (χ4v) is 1.13. The van der Waals surface area contributed by atoms with Crippen molar-refractivity contribution in [3.05, 3.63) is 41.5 Å². The van der Waals surface area contributed by atoms with E-state index in [0.29, 0.717) is 0 Å². The number of carbonyl (C=O) groups is 1. The molecule has 0 spiro atoms. The molecule has 0 radical (unpaired) electrons. The lowest BCUT2D eigenvalue weighted by molar-refractivity contribution is -0.139. The molecular formula is C12H14O2. The molecule has 1 unspecified atom stereocenters. The Morgan fingerprint density at radius 2 is 1.93 bits per heavy atom. The van der Waals surface area contributed by atoms with Crippen LogP contribution in [0.4, 0.5) is 0 Å². The van der Waals surface area contributed by atoms with E-state index in [9.17, 15) is 4.79 Å². The van der Waals surface area contributed by atoms with Crippen LogP contribution in [0.5, 0.6) is 0 Å². The number of aliphatic carboxylic acids is 1. The second-order valence-corrected chi connectivity index (χ2v) is 3.36. The van der Waals surface area contributed by atoms with Crippen molar-refractivity contribution >= 4 is 12.0 Å². The largest absolute Gasteiger partial charge is 0.481 e. The van der Waals surface area contributed by atoms with Crippen LogP contribution in [0.2, 0.25) is 0 Å². The first-order valence-electron chi connectivity index (χ1n) is 4.57. The molecule has 1 aromatic carbocycles. The van der Waals surface area contributed by atoms with Crippen LogP contribution in [0, 0.1) is 5.92 Å². The second-order valence-electron chi connectivity index (χ2n) is 3.36. The molecule has 14 heavy (non-hydrogen) atoms. The Kier molecular flexibility index (Phi) is 3.46. The molecule has 0 aliphatic rings. The zero-order valence-corrected chi connectivity index (χ0v) is 8.40. The molecule has 2 heteroatoms. The van der Waals surface area contributed by atoms with Gasteiger partial charge in [-0.15, -0.1) is 0 Å². The van der Waals surface area contributed by atoms with Gasteiger partial charge in [0.15, 0.2) is 0 Å². The smallest absolute Gasteiger partial charge is 0.310 e. The number of hydrogen-bond donors (Lipinski definition) is 1. The third-order valence-corrected chi connectivity index (χ3v) is 2.25. The molecule has 1 aromatic rings. The second kappa shape index (κ2) is 4.61. The van der Waals surface area contributed by atoms with Crippen LogP contribution in [0.25, 0.3) is 6.08 Å². The maximum atomic E-state index is 10.7. The maximum absolute atomic E-state index is 10.7. The van der Waals surface area contributed by atoms with Gasteiger partial charge in [0.1, 0.15) is 0 Å². The fourth-order valence-electron chi connectivity index (χ4n) is 1.13. The van der Waals surface area contributed by atoms with Crippen molar-refractivity contribution in [2.45, 2.75) is 13.8 Å². The number of hydrogen-bond acceptors (Lipinski definition) is 1. The molecule has 0 saturated carbocycles. The first kappa shape index (κ1) is 10.5. The van der Waals surface area contributed by atoms with E-state index >= 15 is 0 Å². The molecular weight excluding hydrogens is 176 g/mol. The Balaban J connectivity index is 2.84. The van der Waals surface area contributed by atoms with Gasteiger partial charge >= 0.3 is 5.97 Å². The number of rotatable bonds is 3. The Morgan fingerprint density at radius 3 is 2.43 bits per heavy atom. The van der Waals surface area contributed by atoms with Crippen LogP contribution < -0.4 is 0 Å². The molecule has 1 N–H and O–H groups in total. The molecule has 0 aliphatic carbocycles. The summed E-state index contributed by atoms with van der Waals surface area (Å²) in [5.74, 6) is -1.20. The maximum Gasteiger partial charge on any atom is 0.310 e. The third-order valence-electron chi connectivity index (χ3n) is 2.25. The van der Waals surface area contributed by atoms with Crippen molar-refractivity contribution < 1.29 is 9.90 Å². The minimum atomic E-state index is -0.783. The van der Waals surface area contributed by atoms with Gasteiger partial charge in [0.25, 0.3) is 0 Å². The molecule has 0 saturated heterocycles. The van der Waals surface area contributed by atoms with Crippen molar-refractivity contribution in [2.24, 2.45) is 5.92 Å². The Hall–Kier alpha value is -1.57. The first-order chi connectivity index (χ1) is 6.61. The van der Waals surface area contributed by atoms with Crippen LogP contribution in [-0.2, 0) is 4.79 Å². The Bertz CT molecular complexity index is 339. The van der Waals surface area contributed by atoms with Crippen molar-refractivity contribution in [1.29, 1.82) is 0 Å². The van der Waals surface area contributed by atoms with Gasteiger partial charge in [0.05, 0.1) is 5.92 Å². The first-order valence-corrected chi connectivity index (χ1v) is 4.57. The zero-order valence-electron chi connectivity index (χ0n) is 8.40. The van der Waals surface area contributed by atoms with Crippen LogP contribution in [0.3, 0.4) is 0 Å². The van der Waals surface area contributed by atoms with Crippen molar-refractivity contribution in [3.8, 4) is 0 Å². The van der Waals surface area contributed by atoms with Gasteiger partial charge in [0, 0.05) is 0 Å². The van der Waals surface area contributed by atoms with Gasteiger partial charge in [-0.05, 0) is 19.4 Å². The molecule has 0 aliphatic heterocycles. The monoisotopic (exact) mass is 190 g/mol. The summed E-state index contributed by atoms with van der Waals surface area (Å²) in [4.78, 5) is 10.7. The molecule has 1 rings (SSSR count). The summed E-state index contributed by atoms with van der Waals surface area (Å²) >= 11 is 0. The lowest BCUT2D eigenvalue weighted by Gasteiger charge is -2.06. The topological polar surface area (TPSA) is 37.3 Å². The van der Waals surface area contributed by atoms with Crippen molar-refractivity contribution in [2.75, 3.05) is 0 Å². The van der Waals surface area contributed by atoms with E-state index in [2.05, 4.69) is 0 Å². The Labute approximate surface area is 83.9 Å². The van der Waals surface area contributed by atoms with Crippen LogP contribution >= 0.6 is 0 Å². The average molecular weight is 190 g/mol. The highest BCUT2D eigenvalue weighted by atomic mass is 16.4. The number of benzene rings is 1. The number of carboxylic acids is 1. The van der Waals surface area contributed by atoms with E-state index in [0.717, 1.165) is 11.1 Å². The quantitative estimate of drug-likeness (QED) is 0.795. The lowest BCUT2D eigenvalue weighted by atomic mass is 10.0. The van der Waals surface area contributed by atoms with Crippen molar-refractivity contribution in [1.82, 2.24) is 0 Å². The van der Waals surface area contributed by atoms with E-state index < -0.39 is 11.9 Å². The summed E-state index contributed by atoms with van der Waals surface area (Å²) in [6.45, 7) is 3.53. The number of carboxylic acid groups (broad SMARTS) is 1. The van der Waals surface area contributed by atoms with E-state index in [-0.39, 0.29) is 0 Å². The standard InChI is InChI=1S/C12H14O2/c1-9(10(2)12(13)14)8-11-6-4-3-5-7-11/h3-8,10H,1-2H3,(H,13,14). The molecule has 0 amide bonds. The summed E-state index contributed by atoms with van der Waals surface area (Å²) in [7, 11) is 0. The van der Waals surface area contributed by atoms with Crippen molar-refractivity contribution in [3.63, 3.8) is 0 Å². The van der Waals surface area contributed by atoms with Gasteiger partial charge in [-0.1, -0.05) is 42.0 Å². The van der Waals surface area contributed by atoms with Gasteiger partial charge < -0.3 is 5.11 Å². The third kappa shape index (κ3) is 2.73. The van der Waals surface area contributed by atoms with E-state index in [1.807, 2.05) is 43.3 Å². The van der Waals surface area contributed by atoms with Gasteiger partial charge in [-0.2, -0.15) is 0 Å². The van der Waals surface area contributed by atoms with Crippen LogP contribution in [0.15, 0.2) is 35.9 Å². The lowest BCUT2D eigenvalue weighted by Crippen LogP contribution is -2.10. The van der Waals surface area contributed by atoms with Gasteiger partial charge in [-0.25, -0.2) is 0 Å². The predicted molar refractivity (Wildman–Crippen MR) is 56.9 cm³/mol. The molecule has 1 atom stereocenters. The van der Waals surface area contributed by atoms with Gasteiger partial charge in [0.2, 0.25) is 0 Å². The van der Waals surface area contributed by atoms with E-state index in [4.69, 9.17) is 5.11 Å². The van der Waals surface area contributed by atoms with Gasteiger partial charge in [-0.3, -0.25) is 4.79 Å².